The molecule has 0 spiro atoms. The normalized spacial score (nSPS) is 11.8. The Balaban J connectivity index is 1.64. The molecule has 4 rings (SSSR count). The van der Waals surface area contributed by atoms with Gasteiger partial charge in [0.2, 0.25) is 0 Å². The van der Waals surface area contributed by atoms with Gasteiger partial charge in [0, 0.05) is 16.6 Å². The lowest BCUT2D eigenvalue weighted by Gasteiger charge is -2.10. The summed E-state index contributed by atoms with van der Waals surface area (Å²) in [5.41, 5.74) is 2.21. The zero-order valence-electron chi connectivity index (χ0n) is 13.2. The maximum atomic E-state index is 12.6. The van der Waals surface area contributed by atoms with Crippen LogP contribution in [0.4, 0.5) is 24.7 Å². The van der Waals surface area contributed by atoms with Gasteiger partial charge in [0.05, 0.1) is 6.42 Å². The highest BCUT2D eigenvalue weighted by Gasteiger charge is 2.27. The second kappa shape index (κ2) is 6.41. The van der Waals surface area contributed by atoms with Gasteiger partial charge in [-0.05, 0) is 41.3 Å². The van der Waals surface area contributed by atoms with Crippen molar-refractivity contribution in [2.45, 2.75) is 12.6 Å². The summed E-state index contributed by atoms with van der Waals surface area (Å²) in [5.74, 6) is 1.09. The summed E-state index contributed by atoms with van der Waals surface area (Å²) < 4.78 is 39.3. The quantitative estimate of drug-likeness (QED) is 0.562. The monoisotopic (exact) mass is 375 g/mol. The number of rotatable bonds is 4. The molecule has 3 aromatic heterocycles. The Labute approximate surface area is 150 Å². The largest absolute Gasteiger partial charge is 0.393 e. The van der Waals surface area contributed by atoms with E-state index in [4.69, 9.17) is 0 Å². The van der Waals surface area contributed by atoms with E-state index in [-0.39, 0.29) is 5.56 Å². The Morgan fingerprint density at radius 3 is 2.73 bits per heavy atom. The molecule has 0 aliphatic heterocycles. The van der Waals surface area contributed by atoms with Crippen LogP contribution in [0.3, 0.4) is 0 Å². The third-order valence-electron chi connectivity index (χ3n) is 3.65. The second-order valence-corrected chi connectivity index (χ2v) is 6.42. The fraction of sp³-hybridized carbons (Fsp3) is 0.118. The minimum Gasteiger partial charge on any atom is -0.339 e. The molecular weight excluding hydrogens is 363 g/mol. The number of nitrogens with one attached hydrogen (secondary N) is 1. The Bertz CT molecular complexity index is 1040. The molecule has 9 heteroatoms. The lowest BCUT2D eigenvalue weighted by Crippen LogP contribution is -2.11. The van der Waals surface area contributed by atoms with E-state index in [9.17, 15) is 13.2 Å². The number of hydrogen-bond acceptors (Lipinski definition) is 5. The van der Waals surface area contributed by atoms with Gasteiger partial charge in [0.25, 0.3) is 0 Å². The zero-order chi connectivity index (χ0) is 18.1. The maximum absolute atomic E-state index is 12.6. The van der Waals surface area contributed by atoms with Crippen LogP contribution in [0.2, 0.25) is 0 Å². The summed E-state index contributed by atoms with van der Waals surface area (Å²) >= 11 is 1.54. The van der Waals surface area contributed by atoms with Crippen LogP contribution in [0.5, 0.6) is 0 Å². The molecule has 4 aromatic rings. The molecule has 1 aromatic carbocycles. The summed E-state index contributed by atoms with van der Waals surface area (Å²) in [6, 6.07) is 11.6. The van der Waals surface area contributed by atoms with Crippen LogP contribution in [-0.2, 0) is 6.42 Å². The van der Waals surface area contributed by atoms with E-state index < -0.39 is 12.6 Å². The standard InChI is InChI=1S/C17H12F3N5S/c18-17(19,20)9-11-2-1-3-13(8-11)21-14-4-5-15-22-23-16(25(15)24-14)12-6-7-26-10-12/h1-8,10H,9H2,(H,21,24). The van der Waals surface area contributed by atoms with Gasteiger partial charge in [0.15, 0.2) is 17.3 Å². The van der Waals surface area contributed by atoms with Gasteiger partial charge >= 0.3 is 6.18 Å². The van der Waals surface area contributed by atoms with Gasteiger partial charge in [-0.3, -0.25) is 0 Å². The summed E-state index contributed by atoms with van der Waals surface area (Å²) in [5, 5.41) is 19.6. The smallest absolute Gasteiger partial charge is 0.339 e. The number of hydrogen-bond donors (Lipinski definition) is 1. The SMILES string of the molecule is FC(F)(F)Cc1cccc(Nc2ccc3nnc(-c4ccsc4)n3n2)c1. The first-order valence-corrected chi connectivity index (χ1v) is 8.60. The third kappa shape index (κ3) is 3.52. The maximum Gasteiger partial charge on any atom is 0.393 e. The fourth-order valence-corrected chi connectivity index (χ4v) is 3.20. The number of alkyl halides is 3. The number of halogens is 3. The highest BCUT2D eigenvalue weighted by molar-refractivity contribution is 7.08. The number of anilines is 2. The summed E-state index contributed by atoms with van der Waals surface area (Å²) in [6.07, 6.45) is -5.21. The zero-order valence-corrected chi connectivity index (χ0v) is 14.1. The van der Waals surface area contributed by atoms with E-state index in [0.717, 1.165) is 5.56 Å². The minimum absolute atomic E-state index is 0.187. The average molecular weight is 375 g/mol. The van der Waals surface area contributed by atoms with Gasteiger partial charge in [-0.1, -0.05) is 12.1 Å². The predicted molar refractivity (Wildman–Crippen MR) is 93.6 cm³/mol. The van der Waals surface area contributed by atoms with Crippen molar-refractivity contribution in [2.24, 2.45) is 0 Å². The van der Waals surface area contributed by atoms with Crippen LogP contribution >= 0.6 is 11.3 Å². The molecule has 0 amide bonds. The highest BCUT2D eigenvalue weighted by atomic mass is 32.1. The van der Waals surface area contributed by atoms with Crippen molar-refractivity contribution in [2.75, 3.05) is 5.32 Å². The van der Waals surface area contributed by atoms with Crippen LogP contribution < -0.4 is 5.32 Å². The van der Waals surface area contributed by atoms with Gasteiger partial charge in [-0.2, -0.15) is 29.0 Å². The molecule has 0 fully saturated rings. The van der Waals surface area contributed by atoms with E-state index in [0.29, 0.717) is 23.0 Å². The molecule has 0 atom stereocenters. The van der Waals surface area contributed by atoms with Crippen molar-refractivity contribution in [1.29, 1.82) is 0 Å². The molecule has 0 aliphatic carbocycles. The Morgan fingerprint density at radius 2 is 1.96 bits per heavy atom. The topological polar surface area (TPSA) is 55.1 Å². The molecule has 1 N–H and O–H groups in total. The second-order valence-electron chi connectivity index (χ2n) is 5.64. The molecule has 26 heavy (non-hydrogen) atoms. The number of thiophene rings is 1. The molecule has 0 bridgehead atoms. The molecule has 0 aliphatic rings. The average Bonchev–Trinajstić information content (AvgIpc) is 3.22. The molecule has 5 nitrogen and oxygen atoms in total. The van der Waals surface area contributed by atoms with Crippen molar-refractivity contribution in [1.82, 2.24) is 19.8 Å². The van der Waals surface area contributed by atoms with Gasteiger partial charge in [0.1, 0.15) is 0 Å². The number of fused-ring (bicyclic) bond motifs is 1. The first-order valence-electron chi connectivity index (χ1n) is 7.66. The minimum atomic E-state index is -4.24. The van der Waals surface area contributed by atoms with Crippen LogP contribution in [0.25, 0.3) is 17.0 Å². The van der Waals surface area contributed by atoms with Crippen LogP contribution in [0.15, 0.2) is 53.2 Å². The van der Waals surface area contributed by atoms with E-state index >= 15 is 0 Å². The van der Waals surface area contributed by atoms with Crippen LogP contribution in [0.1, 0.15) is 5.56 Å². The van der Waals surface area contributed by atoms with Crippen molar-refractivity contribution in [3.8, 4) is 11.4 Å². The van der Waals surface area contributed by atoms with Crippen molar-refractivity contribution < 1.29 is 13.2 Å². The molecule has 0 radical (unpaired) electrons. The Hall–Kier alpha value is -2.94. The predicted octanol–water partition coefficient (Wildman–Crippen LogP) is 4.70. The fourth-order valence-electron chi connectivity index (χ4n) is 2.57. The Morgan fingerprint density at radius 1 is 1.08 bits per heavy atom. The van der Waals surface area contributed by atoms with Gasteiger partial charge in [-0.25, -0.2) is 0 Å². The summed E-state index contributed by atoms with van der Waals surface area (Å²) in [4.78, 5) is 0. The summed E-state index contributed by atoms with van der Waals surface area (Å²) in [7, 11) is 0. The molecule has 3 heterocycles. The van der Waals surface area contributed by atoms with Crippen LogP contribution in [-0.4, -0.2) is 26.0 Å². The highest BCUT2D eigenvalue weighted by Crippen LogP contribution is 2.25. The molecule has 0 unspecified atom stereocenters. The lowest BCUT2D eigenvalue weighted by atomic mass is 10.1. The van der Waals surface area contributed by atoms with Crippen molar-refractivity contribution in [3.63, 3.8) is 0 Å². The Kier molecular flexibility index (Phi) is 4.08. The van der Waals surface area contributed by atoms with E-state index in [1.54, 1.807) is 40.1 Å². The van der Waals surface area contributed by atoms with Crippen molar-refractivity contribution >= 4 is 28.5 Å². The van der Waals surface area contributed by atoms with Gasteiger partial charge < -0.3 is 5.32 Å². The molecule has 0 saturated heterocycles. The van der Waals surface area contributed by atoms with E-state index in [1.807, 2.05) is 16.8 Å². The molecule has 132 valence electrons. The third-order valence-corrected chi connectivity index (χ3v) is 4.33. The summed E-state index contributed by atoms with van der Waals surface area (Å²) in [6.45, 7) is 0. The van der Waals surface area contributed by atoms with E-state index in [1.165, 1.54) is 12.1 Å². The number of nitrogens with zero attached hydrogens (tertiary/aromatic N) is 4. The number of benzene rings is 1. The molecular formula is C17H12F3N5S. The van der Waals surface area contributed by atoms with Crippen LogP contribution in [0, 0.1) is 0 Å². The van der Waals surface area contributed by atoms with Gasteiger partial charge in [-0.15, -0.1) is 15.3 Å². The first-order chi connectivity index (χ1) is 12.5. The van der Waals surface area contributed by atoms with Crippen molar-refractivity contribution in [3.05, 3.63) is 58.8 Å². The van der Waals surface area contributed by atoms with E-state index in [2.05, 4.69) is 20.6 Å². The molecule has 0 saturated carbocycles. The lowest BCUT2D eigenvalue weighted by molar-refractivity contribution is -0.127. The first kappa shape index (κ1) is 16.5. The number of aromatic nitrogens is 4.